The number of hydrogen-bond donors (Lipinski definition) is 0. The van der Waals surface area contributed by atoms with Crippen molar-refractivity contribution in [3.8, 4) is 6.07 Å². The molecule has 0 N–H and O–H groups in total. The molecular weight excluding hydrogens is 208 g/mol. The fraction of sp³-hybridized carbons (Fsp3) is 0. The van der Waals surface area contributed by atoms with E-state index in [9.17, 15) is 0 Å². The van der Waals surface area contributed by atoms with E-state index in [1.165, 1.54) is 11.8 Å². The maximum absolute atomic E-state index is 8.71. The second-order valence-electron chi connectivity index (χ2n) is 2.64. The first-order chi connectivity index (χ1) is 7.38. The minimum atomic E-state index is 0.594. The van der Waals surface area contributed by atoms with Crippen LogP contribution in [0.3, 0.4) is 0 Å². The molecule has 15 heavy (non-hydrogen) atoms. The van der Waals surface area contributed by atoms with Crippen LogP contribution in [0.4, 0.5) is 0 Å². The standard InChI is InChI=1S/C10H6N4S/c11-6-8-1-2-13-9(5-8)15-10-7-12-3-4-14-10/h1-5,7H. The predicted molar refractivity (Wildman–Crippen MR) is 55.1 cm³/mol. The molecule has 0 aliphatic carbocycles. The van der Waals surface area contributed by atoms with Crippen LogP contribution in [0.1, 0.15) is 5.56 Å². The van der Waals surface area contributed by atoms with E-state index in [1.54, 1.807) is 36.9 Å². The fourth-order valence-electron chi connectivity index (χ4n) is 0.980. The monoisotopic (exact) mass is 214 g/mol. The molecule has 0 fully saturated rings. The summed E-state index contributed by atoms with van der Waals surface area (Å²) in [6, 6.07) is 5.45. The molecule has 0 spiro atoms. The van der Waals surface area contributed by atoms with Gasteiger partial charge in [0, 0.05) is 18.6 Å². The van der Waals surface area contributed by atoms with Gasteiger partial charge in [-0.05, 0) is 23.9 Å². The molecule has 0 aliphatic heterocycles. The van der Waals surface area contributed by atoms with Gasteiger partial charge in [-0.3, -0.25) is 4.98 Å². The minimum absolute atomic E-state index is 0.594. The average Bonchev–Trinajstić information content (AvgIpc) is 2.31. The van der Waals surface area contributed by atoms with E-state index < -0.39 is 0 Å². The summed E-state index contributed by atoms with van der Waals surface area (Å²) in [5.41, 5.74) is 0.594. The van der Waals surface area contributed by atoms with E-state index in [2.05, 4.69) is 21.0 Å². The normalized spacial score (nSPS) is 9.53. The lowest BCUT2D eigenvalue weighted by molar-refractivity contribution is 1.04. The third-order valence-electron chi connectivity index (χ3n) is 1.61. The molecule has 0 unspecified atom stereocenters. The first-order valence-electron chi connectivity index (χ1n) is 4.18. The number of rotatable bonds is 2. The van der Waals surface area contributed by atoms with Crippen molar-refractivity contribution >= 4 is 11.8 Å². The Labute approximate surface area is 91.0 Å². The van der Waals surface area contributed by atoms with Crippen molar-refractivity contribution in [3.05, 3.63) is 42.5 Å². The van der Waals surface area contributed by atoms with Gasteiger partial charge in [0.2, 0.25) is 0 Å². The number of nitrogens with zero attached hydrogens (tertiary/aromatic N) is 4. The number of hydrogen-bond acceptors (Lipinski definition) is 5. The summed E-state index contributed by atoms with van der Waals surface area (Å²) in [6.07, 6.45) is 6.50. The van der Waals surface area contributed by atoms with E-state index in [-0.39, 0.29) is 0 Å². The second-order valence-corrected chi connectivity index (χ2v) is 3.68. The molecular formula is C10H6N4S. The molecule has 2 rings (SSSR count). The minimum Gasteiger partial charge on any atom is -0.260 e. The third kappa shape index (κ3) is 2.51. The second kappa shape index (κ2) is 4.53. The summed E-state index contributed by atoms with van der Waals surface area (Å²) in [4.78, 5) is 12.2. The highest BCUT2D eigenvalue weighted by molar-refractivity contribution is 7.99. The molecule has 0 bridgehead atoms. The van der Waals surface area contributed by atoms with Crippen molar-refractivity contribution in [2.75, 3.05) is 0 Å². The van der Waals surface area contributed by atoms with Gasteiger partial charge in [-0.25, -0.2) is 9.97 Å². The molecule has 0 aliphatic rings. The summed E-state index contributed by atoms with van der Waals surface area (Å²) in [5.74, 6) is 0. The van der Waals surface area contributed by atoms with E-state index in [0.29, 0.717) is 5.56 Å². The Morgan fingerprint density at radius 1 is 1.13 bits per heavy atom. The Balaban J connectivity index is 2.22. The highest BCUT2D eigenvalue weighted by Gasteiger charge is 2.00. The fourth-order valence-corrected chi connectivity index (χ4v) is 1.72. The van der Waals surface area contributed by atoms with Crippen LogP contribution in [-0.4, -0.2) is 15.0 Å². The van der Waals surface area contributed by atoms with Gasteiger partial charge in [0.1, 0.15) is 10.1 Å². The van der Waals surface area contributed by atoms with Crippen LogP contribution in [-0.2, 0) is 0 Å². The zero-order valence-electron chi connectivity index (χ0n) is 7.66. The van der Waals surface area contributed by atoms with Gasteiger partial charge in [0.15, 0.2) is 0 Å². The maximum atomic E-state index is 8.71. The summed E-state index contributed by atoms with van der Waals surface area (Å²) in [5, 5.41) is 10.2. The van der Waals surface area contributed by atoms with Gasteiger partial charge in [-0.15, -0.1) is 0 Å². The van der Waals surface area contributed by atoms with E-state index in [1.807, 2.05) is 0 Å². The number of aromatic nitrogens is 3. The molecule has 0 atom stereocenters. The quantitative estimate of drug-likeness (QED) is 0.764. The van der Waals surface area contributed by atoms with Crippen LogP contribution in [0.15, 0.2) is 47.0 Å². The molecule has 0 aromatic carbocycles. The van der Waals surface area contributed by atoms with Crippen molar-refractivity contribution in [2.24, 2.45) is 0 Å². The van der Waals surface area contributed by atoms with Crippen LogP contribution >= 0.6 is 11.8 Å². The van der Waals surface area contributed by atoms with Gasteiger partial charge in [-0.2, -0.15) is 5.26 Å². The van der Waals surface area contributed by atoms with E-state index in [4.69, 9.17) is 5.26 Å². The summed E-state index contributed by atoms with van der Waals surface area (Å²) in [7, 11) is 0. The average molecular weight is 214 g/mol. The number of nitriles is 1. The van der Waals surface area contributed by atoms with Crippen molar-refractivity contribution in [1.29, 1.82) is 5.26 Å². The highest BCUT2D eigenvalue weighted by atomic mass is 32.2. The van der Waals surface area contributed by atoms with Gasteiger partial charge < -0.3 is 0 Å². The predicted octanol–water partition coefficient (Wildman–Crippen LogP) is 1.89. The van der Waals surface area contributed by atoms with Crippen LogP contribution in [0, 0.1) is 11.3 Å². The van der Waals surface area contributed by atoms with Gasteiger partial charge in [-0.1, -0.05) is 0 Å². The first kappa shape index (κ1) is 9.62. The largest absolute Gasteiger partial charge is 0.260 e. The molecule has 0 saturated heterocycles. The highest BCUT2D eigenvalue weighted by Crippen LogP contribution is 2.23. The van der Waals surface area contributed by atoms with Crippen LogP contribution in [0.2, 0.25) is 0 Å². The SMILES string of the molecule is N#Cc1ccnc(Sc2cnccn2)c1. The Kier molecular flexibility index (Phi) is 2.90. The van der Waals surface area contributed by atoms with Crippen molar-refractivity contribution < 1.29 is 0 Å². The molecule has 4 nitrogen and oxygen atoms in total. The topological polar surface area (TPSA) is 62.5 Å². The Morgan fingerprint density at radius 3 is 2.73 bits per heavy atom. The Hall–Kier alpha value is -1.93. The van der Waals surface area contributed by atoms with Crippen molar-refractivity contribution in [1.82, 2.24) is 15.0 Å². The summed E-state index contributed by atoms with van der Waals surface area (Å²) >= 11 is 1.38. The maximum Gasteiger partial charge on any atom is 0.121 e. The van der Waals surface area contributed by atoms with Crippen LogP contribution in [0.5, 0.6) is 0 Å². The van der Waals surface area contributed by atoms with Crippen LogP contribution < -0.4 is 0 Å². The van der Waals surface area contributed by atoms with E-state index >= 15 is 0 Å². The zero-order chi connectivity index (χ0) is 10.5. The first-order valence-corrected chi connectivity index (χ1v) is 5.00. The van der Waals surface area contributed by atoms with Crippen LogP contribution in [0.25, 0.3) is 0 Å². The molecule has 5 heteroatoms. The Bertz CT molecular complexity index is 492. The molecule has 0 radical (unpaired) electrons. The lowest BCUT2D eigenvalue weighted by atomic mass is 10.3. The number of pyridine rings is 1. The summed E-state index contributed by atoms with van der Waals surface area (Å²) < 4.78 is 0. The molecule has 72 valence electrons. The lowest BCUT2D eigenvalue weighted by Gasteiger charge is -1.98. The lowest BCUT2D eigenvalue weighted by Crippen LogP contribution is -1.84. The van der Waals surface area contributed by atoms with E-state index in [0.717, 1.165) is 10.1 Å². The van der Waals surface area contributed by atoms with Gasteiger partial charge >= 0.3 is 0 Å². The van der Waals surface area contributed by atoms with Crippen molar-refractivity contribution in [3.63, 3.8) is 0 Å². The molecule has 0 amide bonds. The molecule has 2 aromatic rings. The smallest absolute Gasteiger partial charge is 0.121 e. The zero-order valence-corrected chi connectivity index (χ0v) is 8.48. The van der Waals surface area contributed by atoms with Gasteiger partial charge in [0.25, 0.3) is 0 Å². The summed E-state index contributed by atoms with van der Waals surface area (Å²) in [6.45, 7) is 0. The van der Waals surface area contributed by atoms with Gasteiger partial charge in [0.05, 0.1) is 17.8 Å². The molecule has 2 heterocycles. The molecule has 0 saturated carbocycles. The third-order valence-corrected chi connectivity index (χ3v) is 2.46. The Morgan fingerprint density at radius 2 is 2.00 bits per heavy atom. The van der Waals surface area contributed by atoms with Crippen molar-refractivity contribution in [2.45, 2.75) is 10.1 Å². The molecule has 2 aromatic heterocycles.